The van der Waals surface area contributed by atoms with Gasteiger partial charge in [-0.15, -0.1) is 0 Å². The first-order valence-corrected chi connectivity index (χ1v) is 9.90. The van der Waals surface area contributed by atoms with Crippen LogP contribution in [-0.4, -0.2) is 48.2 Å². The maximum absolute atomic E-state index is 12.3. The summed E-state index contributed by atoms with van der Waals surface area (Å²) in [5.74, 6) is 0.289. The van der Waals surface area contributed by atoms with Crippen LogP contribution >= 0.6 is 0 Å². The minimum atomic E-state index is -3.02. The third-order valence-electron chi connectivity index (χ3n) is 3.70. The van der Waals surface area contributed by atoms with Gasteiger partial charge in [0, 0.05) is 28.9 Å². The van der Waals surface area contributed by atoms with Crippen LogP contribution < -0.4 is 5.32 Å². The number of rotatable bonds is 6. The molecule has 1 fully saturated rings. The molecule has 0 amide bonds. The van der Waals surface area contributed by atoms with Gasteiger partial charge in [0.15, 0.2) is 0 Å². The van der Waals surface area contributed by atoms with Gasteiger partial charge in [0.05, 0.1) is 11.0 Å². The van der Waals surface area contributed by atoms with Gasteiger partial charge in [0.1, 0.15) is 9.84 Å². The Bertz CT molecular complexity index is 404. The maximum atomic E-state index is 12.3. The Morgan fingerprint density at radius 2 is 2.00 bits per heavy atom. The normalized spacial score (nSPS) is 29.3. The second-order valence-corrected chi connectivity index (χ2v) is 9.85. The summed E-state index contributed by atoms with van der Waals surface area (Å²) in [7, 11) is -4.08. The van der Waals surface area contributed by atoms with Crippen LogP contribution in [0.25, 0.3) is 0 Å². The highest BCUT2D eigenvalue weighted by atomic mass is 32.2. The fourth-order valence-corrected chi connectivity index (χ4v) is 5.96. The van der Waals surface area contributed by atoms with Gasteiger partial charge in [-0.25, -0.2) is 8.42 Å². The molecule has 4 nitrogen and oxygen atoms in total. The Balaban J connectivity index is 2.67. The Hall–Kier alpha value is 0.0600. The van der Waals surface area contributed by atoms with Gasteiger partial charge >= 0.3 is 0 Å². The van der Waals surface area contributed by atoms with Crippen LogP contribution in [0.1, 0.15) is 33.6 Å². The summed E-state index contributed by atoms with van der Waals surface area (Å²) in [6.45, 7) is 7.28. The molecule has 1 N–H and O–H groups in total. The molecule has 0 bridgehead atoms. The third kappa shape index (κ3) is 4.31. The van der Waals surface area contributed by atoms with Crippen LogP contribution in [0, 0.1) is 5.41 Å². The lowest BCUT2D eigenvalue weighted by molar-refractivity contribution is 0.289. The molecule has 18 heavy (non-hydrogen) atoms. The van der Waals surface area contributed by atoms with Crippen molar-refractivity contribution in [3.8, 4) is 0 Å². The van der Waals surface area contributed by atoms with Gasteiger partial charge < -0.3 is 5.32 Å². The summed E-state index contributed by atoms with van der Waals surface area (Å²) in [4.78, 5) is 0. The minimum Gasteiger partial charge on any atom is -0.313 e. The molecule has 3 atom stereocenters. The van der Waals surface area contributed by atoms with Crippen molar-refractivity contribution in [1.29, 1.82) is 0 Å². The van der Waals surface area contributed by atoms with Crippen molar-refractivity contribution in [2.45, 2.75) is 44.9 Å². The van der Waals surface area contributed by atoms with Crippen molar-refractivity contribution in [2.24, 2.45) is 5.41 Å². The zero-order valence-corrected chi connectivity index (χ0v) is 13.4. The molecule has 3 unspecified atom stereocenters. The number of hydrogen-bond acceptors (Lipinski definition) is 4. The number of nitrogens with one attached hydrogen (secondary N) is 1. The molecule has 0 aromatic heterocycles. The monoisotopic (exact) mass is 295 g/mol. The van der Waals surface area contributed by atoms with E-state index in [1.807, 2.05) is 6.92 Å². The molecule has 1 saturated carbocycles. The molecule has 0 aliphatic heterocycles. The Labute approximate surface area is 113 Å². The molecule has 0 aromatic rings. The van der Waals surface area contributed by atoms with Crippen molar-refractivity contribution in [3.05, 3.63) is 0 Å². The van der Waals surface area contributed by atoms with E-state index in [1.165, 1.54) is 6.26 Å². The summed E-state index contributed by atoms with van der Waals surface area (Å²) in [6, 6.07) is 0.225. The smallest absolute Gasteiger partial charge is 0.148 e. The van der Waals surface area contributed by atoms with Gasteiger partial charge in [0.2, 0.25) is 0 Å². The van der Waals surface area contributed by atoms with Crippen molar-refractivity contribution in [3.63, 3.8) is 0 Å². The van der Waals surface area contributed by atoms with Gasteiger partial charge in [0.25, 0.3) is 0 Å². The lowest BCUT2D eigenvalue weighted by Crippen LogP contribution is -2.46. The molecular weight excluding hydrogens is 270 g/mol. The lowest BCUT2D eigenvalue weighted by Gasteiger charge is -2.31. The topological polar surface area (TPSA) is 63.2 Å². The molecule has 0 aromatic carbocycles. The SMILES string of the molecule is CCNC1C(S(=O)CCS(C)(=O)=O)CCC1(C)C. The van der Waals surface area contributed by atoms with E-state index in [0.29, 0.717) is 0 Å². The summed E-state index contributed by atoms with van der Waals surface area (Å²) in [6.07, 6.45) is 3.16. The van der Waals surface area contributed by atoms with E-state index in [-0.39, 0.29) is 28.2 Å². The largest absolute Gasteiger partial charge is 0.313 e. The van der Waals surface area contributed by atoms with Crippen molar-refractivity contribution >= 4 is 20.6 Å². The van der Waals surface area contributed by atoms with Crippen LogP contribution in [0.15, 0.2) is 0 Å². The zero-order valence-electron chi connectivity index (χ0n) is 11.7. The Kier molecular flexibility index (Phi) is 5.38. The first-order chi connectivity index (χ1) is 8.17. The van der Waals surface area contributed by atoms with Crippen molar-refractivity contribution < 1.29 is 12.6 Å². The highest BCUT2D eigenvalue weighted by Crippen LogP contribution is 2.39. The first-order valence-electron chi connectivity index (χ1n) is 6.45. The molecule has 0 spiro atoms. The Morgan fingerprint density at radius 3 is 2.50 bits per heavy atom. The average molecular weight is 295 g/mol. The van der Waals surface area contributed by atoms with E-state index in [0.717, 1.165) is 19.4 Å². The number of sulfone groups is 1. The maximum Gasteiger partial charge on any atom is 0.148 e. The predicted molar refractivity (Wildman–Crippen MR) is 77.0 cm³/mol. The number of hydrogen-bond donors (Lipinski definition) is 1. The quantitative estimate of drug-likeness (QED) is 0.792. The van der Waals surface area contributed by atoms with Crippen molar-refractivity contribution in [2.75, 3.05) is 24.3 Å². The molecule has 0 heterocycles. The fraction of sp³-hybridized carbons (Fsp3) is 1.00. The van der Waals surface area contributed by atoms with Crippen LogP contribution in [0.5, 0.6) is 0 Å². The van der Waals surface area contributed by atoms with E-state index in [2.05, 4.69) is 19.2 Å². The summed E-state index contributed by atoms with van der Waals surface area (Å²) in [5, 5.41) is 3.51. The molecule has 1 aliphatic carbocycles. The van der Waals surface area contributed by atoms with E-state index >= 15 is 0 Å². The van der Waals surface area contributed by atoms with Crippen LogP contribution in [0.3, 0.4) is 0 Å². The molecule has 1 aliphatic rings. The molecular formula is C12H25NO3S2. The highest BCUT2D eigenvalue weighted by molar-refractivity contribution is 7.92. The van der Waals surface area contributed by atoms with E-state index < -0.39 is 20.6 Å². The molecule has 6 heteroatoms. The van der Waals surface area contributed by atoms with Crippen LogP contribution in [-0.2, 0) is 20.6 Å². The second kappa shape index (κ2) is 6.01. The zero-order chi connectivity index (χ0) is 14.0. The molecule has 108 valence electrons. The minimum absolute atomic E-state index is 0.0232. The summed E-state index contributed by atoms with van der Waals surface area (Å²) in [5.41, 5.74) is 0.140. The highest BCUT2D eigenvalue weighted by Gasteiger charge is 2.43. The van der Waals surface area contributed by atoms with E-state index in [1.54, 1.807) is 0 Å². The fourth-order valence-electron chi connectivity index (χ4n) is 2.64. The summed E-state index contributed by atoms with van der Waals surface area (Å²) < 4.78 is 34.5. The van der Waals surface area contributed by atoms with Gasteiger partial charge in [-0.3, -0.25) is 4.21 Å². The van der Waals surface area contributed by atoms with Crippen LogP contribution in [0.4, 0.5) is 0 Å². The van der Waals surface area contributed by atoms with Gasteiger partial charge in [-0.1, -0.05) is 20.8 Å². The lowest BCUT2D eigenvalue weighted by atomic mass is 9.87. The Morgan fingerprint density at radius 1 is 1.39 bits per heavy atom. The molecule has 1 rings (SSSR count). The van der Waals surface area contributed by atoms with Gasteiger partial charge in [-0.05, 0) is 24.8 Å². The third-order valence-corrected chi connectivity index (χ3v) is 6.70. The average Bonchev–Trinajstić information content (AvgIpc) is 2.51. The first kappa shape index (κ1) is 16.1. The van der Waals surface area contributed by atoms with Crippen molar-refractivity contribution in [1.82, 2.24) is 5.32 Å². The molecule has 0 saturated heterocycles. The van der Waals surface area contributed by atoms with E-state index in [9.17, 15) is 12.6 Å². The summed E-state index contributed by atoms with van der Waals surface area (Å²) >= 11 is 0. The van der Waals surface area contributed by atoms with E-state index in [4.69, 9.17) is 0 Å². The standard InChI is InChI=1S/C12H25NO3S2/c1-5-13-11-10(6-7-12(11,2)3)17(14)8-9-18(4,15)16/h10-11,13H,5-9H2,1-4H3. The predicted octanol–water partition coefficient (Wildman–Crippen LogP) is 0.946. The van der Waals surface area contributed by atoms with Gasteiger partial charge in [-0.2, -0.15) is 0 Å². The van der Waals surface area contributed by atoms with Crippen LogP contribution in [0.2, 0.25) is 0 Å². The molecule has 0 radical (unpaired) electrons. The second-order valence-electron chi connectivity index (χ2n) is 5.82.